The molecule has 1 aliphatic rings. The van der Waals surface area contributed by atoms with Gasteiger partial charge in [0.1, 0.15) is 11.6 Å². The predicted octanol–water partition coefficient (Wildman–Crippen LogP) is 4.90. The van der Waals surface area contributed by atoms with Crippen LogP contribution in [0.2, 0.25) is 0 Å². The van der Waals surface area contributed by atoms with Gasteiger partial charge in [-0.3, -0.25) is 4.79 Å². The van der Waals surface area contributed by atoms with E-state index in [0.29, 0.717) is 24.6 Å². The van der Waals surface area contributed by atoms with E-state index >= 15 is 0 Å². The van der Waals surface area contributed by atoms with E-state index in [-0.39, 0.29) is 11.5 Å². The Labute approximate surface area is 202 Å². The molecule has 0 unspecified atom stereocenters. The van der Waals surface area contributed by atoms with Gasteiger partial charge in [-0.05, 0) is 83.7 Å². The molecule has 0 saturated heterocycles. The molecule has 7 nitrogen and oxygen atoms in total. The number of hydrogen-bond donors (Lipinski definition) is 1. The van der Waals surface area contributed by atoms with E-state index in [4.69, 9.17) is 14.7 Å². The van der Waals surface area contributed by atoms with Crippen LogP contribution < -0.4 is 10.2 Å². The van der Waals surface area contributed by atoms with Crippen molar-refractivity contribution in [2.45, 2.75) is 59.6 Å². The average molecular weight is 464 g/mol. The fourth-order valence-electron chi connectivity index (χ4n) is 4.07. The number of pyridine rings is 1. The normalized spacial score (nSPS) is 13.9. The zero-order valence-electron chi connectivity index (χ0n) is 21.1. The molecule has 1 amide bonds. The number of imidazole rings is 1. The van der Waals surface area contributed by atoms with Crippen molar-refractivity contribution < 1.29 is 9.53 Å². The third-order valence-electron chi connectivity index (χ3n) is 6.20. The number of nitrogens with one attached hydrogen (secondary N) is 1. The molecule has 34 heavy (non-hydrogen) atoms. The Kier molecular flexibility index (Phi) is 7.22. The van der Waals surface area contributed by atoms with Gasteiger partial charge in [-0.15, -0.1) is 0 Å². The lowest BCUT2D eigenvalue weighted by molar-refractivity contribution is -0.00636. The van der Waals surface area contributed by atoms with Gasteiger partial charge >= 0.3 is 0 Å². The van der Waals surface area contributed by atoms with Gasteiger partial charge in [0.25, 0.3) is 5.91 Å². The summed E-state index contributed by atoms with van der Waals surface area (Å²) in [7, 11) is 0. The topological polar surface area (TPSA) is 72.3 Å². The lowest BCUT2D eigenvalue weighted by atomic mass is 10.2. The number of anilines is 1. The Bertz CT molecular complexity index is 1120. The molecule has 0 radical (unpaired) electrons. The molecule has 182 valence electrons. The first-order valence-corrected chi connectivity index (χ1v) is 12.4. The van der Waals surface area contributed by atoms with Crippen LogP contribution in [-0.4, -0.2) is 52.3 Å². The minimum Gasteiger partial charge on any atom is -0.374 e. The maximum atomic E-state index is 12.6. The quantitative estimate of drug-likeness (QED) is 0.463. The number of amides is 1. The van der Waals surface area contributed by atoms with Crippen molar-refractivity contribution in [3.63, 3.8) is 0 Å². The summed E-state index contributed by atoms with van der Waals surface area (Å²) in [6.45, 7) is 14.2. The monoisotopic (exact) mass is 463 g/mol. The predicted molar refractivity (Wildman–Crippen MR) is 137 cm³/mol. The van der Waals surface area contributed by atoms with Crippen LogP contribution in [0.3, 0.4) is 0 Å². The largest absolute Gasteiger partial charge is 0.374 e. The number of carbonyl (C=O) groups excluding carboxylic acids is 1. The average Bonchev–Trinajstić information content (AvgIpc) is 3.58. The smallest absolute Gasteiger partial charge is 0.251 e. The summed E-state index contributed by atoms with van der Waals surface area (Å²) in [5, 5.41) is 3.05. The van der Waals surface area contributed by atoms with Crippen LogP contribution in [0.1, 0.15) is 57.8 Å². The van der Waals surface area contributed by atoms with Crippen molar-refractivity contribution >= 4 is 22.8 Å². The Hall–Kier alpha value is -2.93. The zero-order chi connectivity index (χ0) is 24.3. The molecule has 4 rings (SSSR count). The van der Waals surface area contributed by atoms with Gasteiger partial charge in [0.2, 0.25) is 0 Å². The SMILES string of the molecule is CCN(CC)c1ccc(-c2nc3cc(C(=O)NCC4CC4)ccc3n2CCOC(C)(C)C)cn1. The van der Waals surface area contributed by atoms with E-state index in [0.717, 1.165) is 47.9 Å². The summed E-state index contributed by atoms with van der Waals surface area (Å²) >= 11 is 0. The van der Waals surface area contributed by atoms with E-state index in [1.165, 1.54) is 12.8 Å². The van der Waals surface area contributed by atoms with Crippen LogP contribution in [0.15, 0.2) is 36.5 Å². The van der Waals surface area contributed by atoms with Crippen LogP contribution in [0.4, 0.5) is 5.82 Å². The maximum absolute atomic E-state index is 12.6. The van der Waals surface area contributed by atoms with Gasteiger partial charge in [-0.25, -0.2) is 9.97 Å². The number of nitrogens with zero attached hydrogens (tertiary/aromatic N) is 4. The van der Waals surface area contributed by atoms with Crippen molar-refractivity contribution in [1.29, 1.82) is 0 Å². The zero-order valence-corrected chi connectivity index (χ0v) is 21.1. The summed E-state index contributed by atoms with van der Waals surface area (Å²) < 4.78 is 8.18. The number of benzene rings is 1. The van der Waals surface area contributed by atoms with Crippen molar-refractivity contribution in [3.05, 3.63) is 42.1 Å². The summed E-state index contributed by atoms with van der Waals surface area (Å²) in [5.74, 6) is 2.41. The highest BCUT2D eigenvalue weighted by atomic mass is 16.5. The summed E-state index contributed by atoms with van der Waals surface area (Å²) in [4.78, 5) is 24.5. The number of fused-ring (bicyclic) bond motifs is 1. The van der Waals surface area contributed by atoms with E-state index in [2.05, 4.69) is 61.5 Å². The van der Waals surface area contributed by atoms with E-state index < -0.39 is 0 Å². The van der Waals surface area contributed by atoms with Crippen LogP contribution in [-0.2, 0) is 11.3 Å². The van der Waals surface area contributed by atoms with Gasteiger partial charge in [-0.2, -0.15) is 0 Å². The Balaban J connectivity index is 1.66. The second-order valence-corrected chi connectivity index (χ2v) is 9.98. The van der Waals surface area contributed by atoms with Crippen LogP contribution in [0.25, 0.3) is 22.4 Å². The summed E-state index contributed by atoms with van der Waals surface area (Å²) in [6, 6.07) is 9.89. The molecule has 1 fully saturated rings. The Morgan fingerprint density at radius 2 is 1.94 bits per heavy atom. The molecule has 2 heterocycles. The van der Waals surface area contributed by atoms with Crippen LogP contribution >= 0.6 is 0 Å². The molecule has 2 aromatic heterocycles. The molecule has 0 atom stereocenters. The highest BCUT2D eigenvalue weighted by molar-refractivity contribution is 5.97. The van der Waals surface area contributed by atoms with Gasteiger partial charge in [-0.1, -0.05) is 0 Å². The Morgan fingerprint density at radius 3 is 2.56 bits per heavy atom. The summed E-state index contributed by atoms with van der Waals surface area (Å²) in [6.07, 6.45) is 4.31. The fourth-order valence-corrected chi connectivity index (χ4v) is 4.07. The van der Waals surface area contributed by atoms with Crippen molar-refractivity contribution in [2.75, 3.05) is 31.1 Å². The first-order chi connectivity index (χ1) is 16.3. The van der Waals surface area contributed by atoms with E-state index in [1.807, 2.05) is 24.4 Å². The second kappa shape index (κ2) is 10.1. The number of carbonyl (C=O) groups is 1. The molecule has 1 N–H and O–H groups in total. The number of ether oxygens (including phenoxy) is 1. The van der Waals surface area contributed by atoms with Gasteiger partial charge in [0.05, 0.1) is 23.2 Å². The first kappa shape index (κ1) is 24.2. The van der Waals surface area contributed by atoms with Crippen molar-refractivity contribution in [1.82, 2.24) is 19.9 Å². The minimum absolute atomic E-state index is 0.0359. The van der Waals surface area contributed by atoms with Gasteiger partial charge in [0.15, 0.2) is 0 Å². The molecule has 0 bridgehead atoms. The van der Waals surface area contributed by atoms with Gasteiger partial charge < -0.3 is 19.5 Å². The highest BCUT2D eigenvalue weighted by Crippen LogP contribution is 2.29. The molecule has 0 spiro atoms. The maximum Gasteiger partial charge on any atom is 0.251 e. The minimum atomic E-state index is -0.212. The van der Waals surface area contributed by atoms with E-state index in [1.54, 1.807) is 0 Å². The van der Waals surface area contributed by atoms with Gasteiger partial charge in [0, 0.05) is 43.5 Å². The molecule has 1 saturated carbocycles. The molecule has 1 aromatic carbocycles. The van der Waals surface area contributed by atoms with Crippen molar-refractivity contribution in [2.24, 2.45) is 5.92 Å². The van der Waals surface area contributed by atoms with Crippen LogP contribution in [0.5, 0.6) is 0 Å². The number of rotatable bonds is 10. The second-order valence-electron chi connectivity index (χ2n) is 9.98. The first-order valence-electron chi connectivity index (χ1n) is 12.4. The third kappa shape index (κ3) is 5.76. The molecule has 0 aliphatic heterocycles. The number of hydrogen-bond acceptors (Lipinski definition) is 5. The number of aromatic nitrogens is 3. The highest BCUT2D eigenvalue weighted by Gasteiger charge is 2.22. The van der Waals surface area contributed by atoms with Crippen LogP contribution in [0, 0.1) is 5.92 Å². The molecule has 7 heteroatoms. The molecular formula is C27H37N5O2. The van der Waals surface area contributed by atoms with E-state index in [9.17, 15) is 4.79 Å². The standard InChI is InChI=1S/C27H37N5O2/c1-6-31(7-2)24-13-11-21(18-28-24)25-30-22-16-20(26(33)29-17-19-8-9-19)10-12-23(22)32(25)14-15-34-27(3,4)5/h10-13,16,18-19H,6-9,14-15,17H2,1-5H3,(H,29,33). The fraction of sp³-hybridized carbons (Fsp3) is 0.519. The third-order valence-corrected chi connectivity index (χ3v) is 6.20. The molecule has 1 aliphatic carbocycles. The summed E-state index contributed by atoms with van der Waals surface area (Å²) in [5.41, 5.74) is 3.17. The lowest BCUT2D eigenvalue weighted by Gasteiger charge is -2.21. The lowest BCUT2D eigenvalue weighted by Crippen LogP contribution is -2.25. The Morgan fingerprint density at radius 1 is 1.18 bits per heavy atom. The van der Waals surface area contributed by atoms with Crippen molar-refractivity contribution in [3.8, 4) is 11.4 Å². The molecule has 3 aromatic rings. The molecular weight excluding hydrogens is 426 g/mol.